The van der Waals surface area contributed by atoms with E-state index in [9.17, 15) is 19.7 Å². The molecule has 1 aromatic carbocycles. The van der Waals surface area contributed by atoms with Gasteiger partial charge < -0.3 is 19.3 Å². The van der Waals surface area contributed by atoms with Crippen molar-refractivity contribution in [1.82, 2.24) is 5.16 Å². The molecule has 0 saturated carbocycles. The molecule has 10 nitrogen and oxygen atoms in total. The van der Waals surface area contributed by atoms with Gasteiger partial charge in [-0.1, -0.05) is 5.16 Å². The van der Waals surface area contributed by atoms with E-state index in [1.165, 1.54) is 26.2 Å². The quantitative estimate of drug-likeness (QED) is 0.470. The number of aryl methyl sites for hydroxylation is 2. The summed E-state index contributed by atoms with van der Waals surface area (Å²) in [6, 6.07) is 3.75. The molecule has 0 aliphatic heterocycles. The van der Waals surface area contributed by atoms with Crippen LogP contribution in [0.25, 0.3) is 0 Å². The molecule has 1 heterocycles. The van der Waals surface area contributed by atoms with Crippen LogP contribution in [0.4, 0.5) is 11.4 Å². The summed E-state index contributed by atoms with van der Waals surface area (Å²) in [6.45, 7) is 4.50. The van der Waals surface area contributed by atoms with Crippen molar-refractivity contribution in [3.05, 3.63) is 45.3 Å². The number of carbonyl (C=O) groups is 2. The van der Waals surface area contributed by atoms with E-state index >= 15 is 0 Å². The molecule has 0 fully saturated rings. The van der Waals surface area contributed by atoms with Crippen LogP contribution in [0.15, 0.2) is 22.7 Å². The zero-order valence-corrected chi connectivity index (χ0v) is 14.6. The predicted molar refractivity (Wildman–Crippen MR) is 89.1 cm³/mol. The highest BCUT2D eigenvalue weighted by Crippen LogP contribution is 2.29. The molecular formula is C16H17N3O7. The first kappa shape index (κ1) is 18.9. The van der Waals surface area contributed by atoms with Gasteiger partial charge in [0.15, 0.2) is 6.10 Å². The van der Waals surface area contributed by atoms with Crippen LogP contribution in [0.5, 0.6) is 5.75 Å². The molecule has 1 N–H and O–H groups in total. The Kier molecular flexibility index (Phi) is 5.55. The molecule has 0 saturated heterocycles. The van der Waals surface area contributed by atoms with Crippen molar-refractivity contribution in [2.75, 3.05) is 12.4 Å². The van der Waals surface area contributed by atoms with Gasteiger partial charge in [-0.3, -0.25) is 14.9 Å². The number of rotatable bonds is 6. The van der Waals surface area contributed by atoms with Crippen LogP contribution in [-0.2, 0) is 9.53 Å². The lowest BCUT2D eigenvalue weighted by Gasteiger charge is -2.15. The van der Waals surface area contributed by atoms with Gasteiger partial charge in [0.25, 0.3) is 11.6 Å². The largest absolute Gasteiger partial charge is 0.495 e. The summed E-state index contributed by atoms with van der Waals surface area (Å²) in [7, 11) is 1.36. The molecule has 26 heavy (non-hydrogen) atoms. The molecule has 0 bridgehead atoms. The first-order valence-corrected chi connectivity index (χ1v) is 7.51. The van der Waals surface area contributed by atoms with E-state index in [0.717, 1.165) is 6.07 Å². The SMILES string of the molecule is COc1ccc([N+](=O)[O-])cc1NC(=O)[C@H](C)OC(=O)c1c(C)noc1C. The summed E-state index contributed by atoms with van der Waals surface area (Å²) in [6.07, 6.45) is -1.17. The summed E-state index contributed by atoms with van der Waals surface area (Å²) in [5.74, 6) is -0.924. The van der Waals surface area contributed by atoms with Gasteiger partial charge in [0.2, 0.25) is 0 Å². The van der Waals surface area contributed by atoms with E-state index < -0.39 is 22.9 Å². The zero-order chi connectivity index (χ0) is 19.4. The van der Waals surface area contributed by atoms with E-state index in [1.54, 1.807) is 13.8 Å². The first-order valence-electron chi connectivity index (χ1n) is 7.51. The maximum atomic E-state index is 12.3. The second kappa shape index (κ2) is 7.64. The van der Waals surface area contributed by atoms with Crippen LogP contribution < -0.4 is 10.1 Å². The summed E-state index contributed by atoms with van der Waals surface area (Å²) in [4.78, 5) is 34.7. The van der Waals surface area contributed by atoms with Gasteiger partial charge >= 0.3 is 5.97 Å². The van der Waals surface area contributed by atoms with Crippen molar-refractivity contribution in [1.29, 1.82) is 0 Å². The second-order valence-electron chi connectivity index (χ2n) is 5.38. The second-order valence-corrected chi connectivity index (χ2v) is 5.38. The summed E-state index contributed by atoms with van der Waals surface area (Å²) in [5, 5.41) is 17.0. The van der Waals surface area contributed by atoms with Gasteiger partial charge in [-0.15, -0.1) is 0 Å². The third kappa shape index (κ3) is 3.97. The third-order valence-electron chi connectivity index (χ3n) is 3.54. The number of esters is 1. The molecule has 2 rings (SSSR count). The van der Waals surface area contributed by atoms with Gasteiger partial charge in [-0.05, 0) is 26.8 Å². The highest BCUT2D eigenvalue weighted by molar-refractivity contribution is 5.98. The van der Waals surface area contributed by atoms with Crippen molar-refractivity contribution in [2.45, 2.75) is 26.9 Å². The fourth-order valence-electron chi connectivity index (χ4n) is 2.19. The van der Waals surface area contributed by atoms with E-state index in [2.05, 4.69) is 10.5 Å². The fraction of sp³-hybridized carbons (Fsp3) is 0.312. The summed E-state index contributed by atoms with van der Waals surface area (Å²) in [5.41, 5.74) is 0.367. The van der Waals surface area contributed by atoms with Crippen LogP contribution in [0, 0.1) is 24.0 Å². The molecule has 138 valence electrons. The number of anilines is 1. The van der Waals surface area contributed by atoms with Crippen molar-refractivity contribution in [3.63, 3.8) is 0 Å². The average Bonchev–Trinajstić information content (AvgIpc) is 2.93. The zero-order valence-electron chi connectivity index (χ0n) is 14.6. The third-order valence-corrected chi connectivity index (χ3v) is 3.54. The minimum atomic E-state index is -1.17. The van der Waals surface area contributed by atoms with E-state index in [4.69, 9.17) is 14.0 Å². The number of nitrogens with one attached hydrogen (secondary N) is 1. The molecule has 1 amide bonds. The maximum Gasteiger partial charge on any atom is 0.344 e. The smallest absolute Gasteiger partial charge is 0.344 e. The number of nitro benzene ring substituents is 1. The van der Waals surface area contributed by atoms with E-state index in [0.29, 0.717) is 5.69 Å². The Morgan fingerprint density at radius 3 is 2.58 bits per heavy atom. The number of nitro groups is 1. The normalized spacial score (nSPS) is 11.5. The topological polar surface area (TPSA) is 134 Å². The van der Waals surface area contributed by atoms with Crippen molar-refractivity contribution in [3.8, 4) is 5.75 Å². The van der Waals surface area contributed by atoms with Crippen LogP contribution in [0.2, 0.25) is 0 Å². The molecule has 0 aliphatic carbocycles. The molecule has 0 aliphatic rings. The molecule has 0 unspecified atom stereocenters. The molecular weight excluding hydrogens is 346 g/mol. The lowest BCUT2D eigenvalue weighted by atomic mass is 10.2. The minimum absolute atomic E-state index is 0.0898. The predicted octanol–water partition coefficient (Wildman–Crippen LogP) is 2.39. The van der Waals surface area contributed by atoms with Crippen molar-refractivity contribution >= 4 is 23.3 Å². The van der Waals surface area contributed by atoms with Gasteiger partial charge in [0, 0.05) is 12.1 Å². The molecule has 0 spiro atoms. The number of hydrogen-bond donors (Lipinski definition) is 1. The van der Waals surface area contributed by atoms with Crippen LogP contribution in [0.3, 0.4) is 0 Å². The number of aromatic nitrogens is 1. The highest BCUT2D eigenvalue weighted by atomic mass is 16.6. The number of benzene rings is 1. The Morgan fingerprint density at radius 2 is 2.04 bits per heavy atom. The monoisotopic (exact) mass is 363 g/mol. The summed E-state index contributed by atoms with van der Waals surface area (Å²) < 4.78 is 15.1. The van der Waals surface area contributed by atoms with Gasteiger partial charge in [-0.25, -0.2) is 4.79 Å². The lowest BCUT2D eigenvalue weighted by molar-refractivity contribution is -0.384. The summed E-state index contributed by atoms with van der Waals surface area (Å²) >= 11 is 0. The Bertz CT molecular complexity index is 840. The fourth-order valence-corrected chi connectivity index (χ4v) is 2.19. The Balaban J connectivity index is 2.13. The van der Waals surface area contributed by atoms with Gasteiger partial charge in [0.1, 0.15) is 17.1 Å². The average molecular weight is 363 g/mol. The molecule has 1 aromatic heterocycles. The lowest BCUT2D eigenvalue weighted by Crippen LogP contribution is -2.30. The van der Waals surface area contributed by atoms with Crippen LogP contribution >= 0.6 is 0 Å². The Morgan fingerprint density at radius 1 is 1.35 bits per heavy atom. The number of amides is 1. The highest BCUT2D eigenvalue weighted by Gasteiger charge is 2.25. The molecule has 10 heteroatoms. The Labute approximate surface area is 148 Å². The number of nitrogens with zero attached hydrogens (tertiary/aromatic N) is 2. The van der Waals surface area contributed by atoms with Crippen molar-refractivity contribution in [2.24, 2.45) is 0 Å². The number of ether oxygens (including phenoxy) is 2. The number of carbonyl (C=O) groups excluding carboxylic acids is 2. The Hall–Kier alpha value is -3.43. The van der Waals surface area contributed by atoms with E-state index in [1.807, 2.05) is 0 Å². The number of non-ortho nitro benzene ring substituents is 1. The number of hydrogen-bond acceptors (Lipinski definition) is 8. The van der Waals surface area contributed by atoms with Crippen molar-refractivity contribution < 1.29 is 28.5 Å². The maximum absolute atomic E-state index is 12.3. The van der Waals surface area contributed by atoms with Crippen LogP contribution in [-0.4, -0.2) is 35.2 Å². The first-order chi connectivity index (χ1) is 12.2. The van der Waals surface area contributed by atoms with Crippen LogP contribution in [0.1, 0.15) is 28.7 Å². The van der Waals surface area contributed by atoms with Gasteiger partial charge in [0.05, 0.1) is 23.4 Å². The van der Waals surface area contributed by atoms with Gasteiger partial charge in [-0.2, -0.15) is 0 Å². The number of methoxy groups -OCH3 is 1. The molecule has 1 atom stereocenters. The van der Waals surface area contributed by atoms with E-state index in [-0.39, 0.29) is 28.4 Å². The molecule has 0 radical (unpaired) electrons. The molecule has 2 aromatic rings. The standard InChI is InChI=1S/C16H17N3O7/c1-8-14(9(2)26-18-8)16(21)25-10(3)15(20)17-12-7-11(19(22)23)5-6-13(12)24-4/h5-7,10H,1-4H3,(H,17,20)/t10-/m0/s1. The minimum Gasteiger partial charge on any atom is -0.495 e.